The predicted octanol–water partition coefficient (Wildman–Crippen LogP) is 5.80. The third-order valence-corrected chi connectivity index (χ3v) is 7.86. The van der Waals surface area contributed by atoms with Gasteiger partial charge in [-0.2, -0.15) is 0 Å². The molecule has 0 spiro atoms. The second-order valence-corrected chi connectivity index (χ2v) is 10.2. The van der Waals surface area contributed by atoms with E-state index in [0.717, 1.165) is 25.1 Å². The van der Waals surface area contributed by atoms with Gasteiger partial charge in [0.1, 0.15) is 23.2 Å². The Bertz CT molecular complexity index is 1230. The Morgan fingerprint density at radius 3 is 2.81 bits per heavy atom. The minimum Gasteiger partial charge on any atom is -0.497 e. The smallest absolute Gasteiger partial charge is 0.308 e. The van der Waals surface area contributed by atoms with E-state index < -0.39 is 23.5 Å². The van der Waals surface area contributed by atoms with Crippen LogP contribution in [0, 0.1) is 29.3 Å². The molecule has 1 aliphatic heterocycles. The molecule has 36 heavy (non-hydrogen) atoms. The fraction of sp³-hybridized carbons (Fsp3) is 0.407. The van der Waals surface area contributed by atoms with Crippen molar-refractivity contribution in [2.45, 2.75) is 30.6 Å². The Morgan fingerprint density at radius 2 is 2.03 bits per heavy atom. The number of carbonyl (C=O) groups is 1. The van der Waals surface area contributed by atoms with Gasteiger partial charge in [0.15, 0.2) is 0 Å². The number of hydrogen-bond acceptors (Lipinski definition) is 5. The minimum absolute atomic E-state index is 0.00207. The van der Waals surface area contributed by atoms with Crippen LogP contribution in [-0.4, -0.2) is 53.5 Å². The van der Waals surface area contributed by atoms with E-state index in [1.54, 1.807) is 25.3 Å². The number of rotatable bonds is 10. The van der Waals surface area contributed by atoms with E-state index in [1.165, 1.54) is 24.0 Å². The number of nitrogens with zero attached hydrogens (tertiary/aromatic N) is 2. The van der Waals surface area contributed by atoms with E-state index >= 15 is 0 Å². The maximum atomic E-state index is 14.6. The Hall–Kier alpha value is -2.78. The summed E-state index contributed by atoms with van der Waals surface area (Å²) in [5, 5.41) is 10.6. The average molecular weight is 519 g/mol. The normalized spacial score (nSPS) is 18.4. The molecule has 1 N–H and O–H groups in total. The zero-order valence-electron chi connectivity index (χ0n) is 20.1. The number of methoxy groups -OCH3 is 1. The highest BCUT2D eigenvalue weighted by Crippen LogP contribution is 2.31. The highest BCUT2D eigenvalue weighted by atomic mass is 32.2. The monoisotopic (exact) mass is 518 g/mol. The van der Waals surface area contributed by atoms with Gasteiger partial charge in [-0.15, -0.1) is 11.8 Å². The van der Waals surface area contributed by atoms with E-state index in [0.29, 0.717) is 60.3 Å². The first-order valence-electron chi connectivity index (χ1n) is 12.0. The molecule has 192 valence electrons. The van der Waals surface area contributed by atoms with Gasteiger partial charge in [-0.25, -0.2) is 13.2 Å². The third kappa shape index (κ3) is 6.31. The van der Waals surface area contributed by atoms with Gasteiger partial charge in [-0.3, -0.25) is 9.78 Å². The molecule has 0 amide bonds. The molecule has 1 aromatic heterocycles. The Morgan fingerprint density at radius 1 is 1.19 bits per heavy atom. The molecular weight excluding hydrogens is 489 g/mol. The molecule has 2 heterocycles. The number of ether oxygens (including phenoxy) is 1. The molecule has 0 saturated carbocycles. The van der Waals surface area contributed by atoms with Crippen LogP contribution < -0.4 is 4.74 Å². The number of thioether (sulfide) groups is 1. The van der Waals surface area contributed by atoms with Gasteiger partial charge < -0.3 is 14.7 Å². The maximum absolute atomic E-state index is 14.6. The first-order valence-corrected chi connectivity index (χ1v) is 13.0. The topological polar surface area (TPSA) is 62.7 Å². The summed E-state index contributed by atoms with van der Waals surface area (Å²) in [6, 6.07) is 8.75. The lowest BCUT2D eigenvalue weighted by molar-refractivity contribution is -0.146. The molecule has 2 unspecified atom stereocenters. The number of carboxylic acids is 1. The molecule has 1 aliphatic rings. The summed E-state index contributed by atoms with van der Waals surface area (Å²) < 4.78 is 47.1. The quantitative estimate of drug-likeness (QED) is 0.343. The number of likely N-dealkylation sites (tertiary alicyclic amines) is 1. The molecule has 5 nitrogen and oxygen atoms in total. The van der Waals surface area contributed by atoms with Crippen molar-refractivity contribution in [3.63, 3.8) is 0 Å². The number of benzene rings is 2. The van der Waals surface area contributed by atoms with Gasteiger partial charge >= 0.3 is 5.97 Å². The van der Waals surface area contributed by atoms with Crippen LogP contribution in [0.2, 0.25) is 0 Å². The fourth-order valence-corrected chi connectivity index (χ4v) is 5.86. The van der Waals surface area contributed by atoms with E-state index in [1.807, 2.05) is 0 Å². The van der Waals surface area contributed by atoms with Crippen molar-refractivity contribution in [3.8, 4) is 5.75 Å². The highest BCUT2D eigenvalue weighted by Gasteiger charge is 2.33. The van der Waals surface area contributed by atoms with Crippen LogP contribution >= 0.6 is 11.8 Å². The van der Waals surface area contributed by atoms with Crippen LogP contribution in [0.3, 0.4) is 0 Å². The lowest BCUT2D eigenvalue weighted by atomic mass is 9.81. The number of aryl methyl sites for hydroxylation is 1. The van der Waals surface area contributed by atoms with Crippen molar-refractivity contribution in [1.82, 2.24) is 9.88 Å². The largest absolute Gasteiger partial charge is 0.497 e. The van der Waals surface area contributed by atoms with Crippen molar-refractivity contribution in [2.24, 2.45) is 11.8 Å². The summed E-state index contributed by atoms with van der Waals surface area (Å²) in [6.45, 7) is 1.74. The van der Waals surface area contributed by atoms with Crippen LogP contribution in [0.1, 0.15) is 24.8 Å². The summed E-state index contributed by atoms with van der Waals surface area (Å²) in [5.41, 5.74) is 1.27. The summed E-state index contributed by atoms with van der Waals surface area (Å²) in [4.78, 5) is 18.5. The van der Waals surface area contributed by atoms with Crippen molar-refractivity contribution < 1.29 is 27.8 Å². The number of pyridine rings is 1. The second kappa shape index (κ2) is 12.0. The Balaban J connectivity index is 1.32. The lowest BCUT2D eigenvalue weighted by Gasteiger charge is -2.36. The molecular formula is C27H29F3N2O3S. The number of piperidine rings is 1. The van der Waals surface area contributed by atoms with Crippen molar-refractivity contribution in [3.05, 3.63) is 65.6 Å². The van der Waals surface area contributed by atoms with Gasteiger partial charge in [0.2, 0.25) is 0 Å². The van der Waals surface area contributed by atoms with Crippen LogP contribution in [0.4, 0.5) is 13.2 Å². The maximum Gasteiger partial charge on any atom is 0.308 e. The molecule has 2 atom stereocenters. The first kappa shape index (κ1) is 26.3. The number of halogens is 3. The van der Waals surface area contributed by atoms with Crippen molar-refractivity contribution in [2.75, 3.05) is 32.5 Å². The highest BCUT2D eigenvalue weighted by molar-refractivity contribution is 7.99. The number of aliphatic carboxylic acids is 1. The first-order chi connectivity index (χ1) is 17.4. The van der Waals surface area contributed by atoms with Crippen LogP contribution in [0.15, 0.2) is 47.5 Å². The molecule has 0 aliphatic carbocycles. The summed E-state index contributed by atoms with van der Waals surface area (Å²) in [7, 11) is 1.56. The number of hydrogen-bond donors (Lipinski definition) is 1. The number of fused-ring (bicyclic) bond motifs is 1. The standard InChI is InChI=1S/C27H29F3N2O3S/c1-35-19-6-8-25-21(14-19)20(24(30)15-31-25)4-2-3-17-9-10-32(16-22(17)27(33)34)11-12-36-26-13-18(28)5-7-23(26)29/h5-8,13-15,17,22H,2-4,9-12,16H2,1H3,(H,33,34). The second-order valence-electron chi connectivity index (χ2n) is 9.08. The molecule has 3 aromatic rings. The van der Waals surface area contributed by atoms with Crippen molar-refractivity contribution >= 4 is 28.6 Å². The summed E-state index contributed by atoms with van der Waals surface area (Å²) >= 11 is 1.23. The van der Waals surface area contributed by atoms with Crippen LogP contribution in [0.25, 0.3) is 10.9 Å². The van der Waals surface area contributed by atoms with E-state index in [-0.39, 0.29) is 16.6 Å². The molecule has 4 rings (SSSR count). The zero-order chi connectivity index (χ0) is 25.7. The van der Waals surface area contributed by atoms with Gasteiger partial charge in [0.05, 0.1) is 24.7 Å². The number of aromatic nitrogens is 1. The van der Waals surface area contributed by atoms with Gasteiger partial charge in [0.25, 0.3) is 0 Å². The summed E-state index contributed by atoms with van der Waals surface area (Å²) in [5.74, 6) is -1.49. The molecule has 2 aromatic carbocycles. The Kier molecular flexibility index (Phi) is 8.74. The Labute approximate surface area is 212 Å². The van der Waals surface area contributed by atoms with Crippen LogP contribution in [0.5, 0.6) is 5.75 Å². The van der Waals surface area contributed by atoms with E-state index in [2.05, 4.69) is 9.88 Å². The average Bonchev–Trinajstić information content (AvgIpc) is 2.87. The molecule has 0 bridgehead atoms. The number of carboxylic acid groups (broad SMARTS) is 1. The fourth-order valence-electron chi connectivity index (χ4n) is 4.89. The van der Waals surface area contributed by atoms with Gasteiger partial charge in [-0.1, -0.05) is 0 Å². The summed E-state index contributed by atoms with van der Waals surface area (Å²) in [6.07, 6.45) is 3.79. The molecule has 1 fully saturated rings. The zero-order valence-corrected chi connectivity index (χ0v) is 20.9. The van der Waals surface area contributed by atoms with E-state index in [9.17, 15) is 23.1 Å². The van der Waals surface area contributed by atoms with E-state index in [4.69, 9.17) is 4.74 Å². The third-order valence-electron chi connectivity index (χ3n) is 6.85. The van der Waals surface area contributed by atoms with Crippen molar-refractivity contribution in [1.29, 1.82) is 0 Å². The molecule has 9 heteroatoms. The minimum atomic E-state index is -0.834. The predicted molar refractivity (Wildman–Crippen MR) is 134 cm³/mol. The van der Waals surface area contributed by atoms with Crippen LogP contribution in [-0.2, 0) is 11.2 Å². The van der Waals surface area contributed by atoms with Gasteiger partial charge in [-0.05, 0) is 80.1 Å². The lowest BCUT2D eigenvalue weighted by Crippen LogP contribution is -2.44. The van der Waals surface area contributed by atoms with Gasteiger partial charge in [0, 0.05) is 29.1 Å². The molecule has 0 radical (unpaired) electrons. The molecule has 1 saturated heterocycles. The SMILES string of the molecule is COc1ccc2ncc(F)c(CCCC3CCN(CCSc4cc(F)ccc4F)CC3C(=O)O)c2c1.